The third-order valence-corrected chi connectivity index (χ3v) is 3.23. The van der Waals surface area contributed by atoms with E-state index in [2.05, 4.69) is 15.8 Å². The Kier molecular flexibility index (Phi) is 4.61. The van der Waals surface area contributed by atoms with Gasteiger partial charge < -0.3 is 21.6 Å². The Balaban J connectivity index is 2.02. The second-order valence-electron chi connectivity index (χ2n) is 4.79. The number of carbonyl (C=O) groups is 1. The Bertz CT molecular complexity index is 664. The molecule has 21 heavy (non-hydrogen) atoms. The van der Waals surface area contributed by atoms with E-state index in [-0.39, 0.29) is 24.3 Å². The molecular weight excluding hydrogens is 268 g/mol. The van der Waals surface area contributed by atoms with Crippen LogP contribution in [-0.4, -0.2) is 23.6 Å². The molecule has 2 rings (SSSR count). The van der Waals surface area contributed by atoms with Crippen molar-refractivity contribution in [2.75, 3.05) is 11.9 Å². The fourth-order valence-corrected chi connectivity index (χ4v) is 1.95. The van der Waals surface area contributed by atoms with Gasteiger partial charge in [0.15, 0.2) is 0 Å². The first kappa shape index (κ1) is 14.6. The molecule has 0 aromatic heterocycles. The van der Waals surface area contributed by atoms with Gasteiger partial charge in [0.2, 0.25) is 0 Å². The highest BCUT2D eigenvalue weighted by atomic mass is 16.4. The van der Waals surface area contributed by atoms with Gasteiger partial charge in [-0.3, -0.25) is 0 Å². The summed E-state index contributed by atoms with van der Waals surface area (Å²) in [7, 11) is 0. The quantitative estimate of drug-likeness (QED) is 0.300. The van der Waals surface area contributed by atoms with Crippen LogP contribution in [0.4, 0.5) is 10.5 Å². The molecule has 0 aliphatic rings. The van der Waals surface area contributed by atoms with E-state index in [0.717, 1.165) is 16.5 Å². The summed E-state index contributed by atoms with van der Waals surface area (Å²) in [6.45, 7) is 2.04. The van der Waals surface area contributed by atoms with Crippen molar-refractivity contribution in [2.45, 2.75) is 6.92 Å². The number of nitrogens with two attached hydrogens (primary N) is 1. The summed E-state index contributed by atoms with van der Waals surface area (Å²) in [4.78, 5) is 11.9. The minimum Gasteiger partial charge on any atom is -0.409 e. The zero-order valence-corrected chi connectivity index (χ0v) is 11.7. The Morgan fingerprint density at radius 2 is 2.00 bits per heavy atom. The third-order valence-electron chi connectivity index (χ3n) is 3.23. The van der Waals surface area contributed by atoms with Crippen LogP contribution in [0.3, 0.4) is 0 Å². The van der Waals surface area contributed by atoms with Gasteiger partial charge in [-0.25, -0.2) is 4.79 Å². The third kappa shape index (κ3) is 3.62. The Morgan fingerprint density at radius 1 is 1.29 bits per heavy atom. The molecule has 0 saturated heterocycles. The van der Waals surface area contributed by atoms with Crippen LogP contribution >= 0.6 is 0 Å². The fourth-order valence-electron chi connectivity index (χ4n) is 1.95. The lowest BCUT2D eigenvalue weighted by molar-refractivity contribution is 0.251. The summed E-state index contributed by atoms with van der Waals surface area (Å²) < 4.78 is 0. The van der Waals surface area contributed by atoms with Crippen molar-refractivity contribution in [1.29, 1.82) is 0 Å². The van der Waals surface area contributed by atoms with E-state index >= 15 is 0 Å². The molecule has 2 aromatic rings. The number of benzene rings is 2. The molecular formula is C15H18N4O2. The predicted octanol–water partition coefficient (Wildman–Crippen LogP) is 2.34. The predicted molar refractivity (Wildman–Crippen MR) is 83.5 cm³/mol. The topological polar surface area (TPSA) is 99.7 Å². The van der Waals surface area contributed by atoms with Crippen molar-refractivity contribution in [3.63, 3.8) is 0 Å². The minimum atomic E-state index is -0.330. The Labute approximate surface area is 122 Å². The van der Waals surface area contributed by atoms with Gasteiger partial charge in [-0.05, 0) is 11.5 Å². The number of carbonyl (C=O) groups excluding carboxylic acids is 1. The molecule has 6 heteroatoms. The van der Waals surface area contributed by atoms with Gasteiger partial charge in [0.25, 0.3) is 0 Å². The van der Waals surface area contributed by atoms with Crippen LogP contribution in [0.5, 0.6) is 0 Å². The molecule has 2 aromatic carbocycles. The highest BCUT2D eigenvalue weighted by molar-refractivity contribution is 6.01. The zero-order chi connectivity index (χ0) is 15.2. The molecule has 5 N–H and O–H groups in total. The van der Waals surface area contributed by atoms with Crippen molar-refractivity contribution in [3.8, 4) is 0 Å². The number of oxime groups is 1. The molecule has 0 bridgehead atoms. The smallest absolute Gasteiger partial charge is 0.319 e. The Morgan fingerprint density at radius 3 is 2.76 bits per heavy atom. The van der Waals surface area contributed by atoms with Crippen LogP contribution in [0.15, 0.2) is 47.6 Å². The number of hydrogen-bond donors (Lipinski definition) is 4. The largest absolute Gasteiger partial charge is 0.409 e. The van der Waals surface area contributed by atoms with Crippen molar-refractivity contribution in [1.82, 2.24) is 5.32 Å². The van der Waals surface area contributed by atoms with Gasteiger partial charge in [-0.2, -0.15) is 0 Å². The van der Waals surface area contributed by atoms with Gasteiger partial charge >= 0.3 is 6.03 Å². The van der Waals surface area contributed by atoms with Crippen LogP contribution in [0, 0.1) is 5.92 Å². The van der Waals surface area contributed by atoms with Crippen molar-refractivity contribution < 1.29 is 10.0 Å². The molecule has 6 nitrogen and oxygen atoms in total. The number of rotatable bonds is 4. The SMILES string of the molecule is CC(CNC(=O)Nc1cccc2ccccc12)C(N)=NO. The number of fused-ring (bicyclic) bond motifs is 1. The summed E-state index contributed by atoms with van der Waals surface area (Å²) in [6.07, 6.45) is 0. The van der Waals surface area contributed by atoms with Gasteiger partial charge in [-0.15, -0.1) is 0 Å². The summed E-state index contributed by atoms with van der Waals surface area (Å²) in [5, 5.41) is 19.0. The molecule has 110 valence electrons. The summed E-state index contributed by atoms with van der Waals surface area (Å²) >= 11 is 0. The van der Waals surface area contributed by atoms with Crippen molar-refractivity contribution in [2.24, 2.45) is 16.8 Å². The summed E-state index contributed by atoms with van der Waals surface area (Å²) in [6, 6.07) is 13.2. The number of amides is 2. The molecule has 1 atom stereocenters. The lowest BCUT2D eigenvalue weighted by Crippen LogP contribution is -2.37. The summed E-state index contributed by atoms with van der Waals surface area (Å²) in [5.41, 5.74) is 6.20. The van der Waals surface area contributed by atoms with E-state index in [1.165, 1.54) is 0 Å². The van der Waals surface area contributed by atoms with E-state index in [1.807, 2.05) is 42.5 Å². The lowest BCUT2D eigenvalue weighted by atomic mass is 10.1. The summed E-state index contributed by atoms with van der Waals surface area (Å²) in [5.74, 6) is -0.159. The maximum Gasteiger partial charge on any atom is 0.319 e. The number of anilines is 1. The first-order valence-electron chi connectivity index (χ1n) is 6.62. The number of urea groups is 1. The first-order valence-corrected chi connectivity index (χ1v) is 6.62. The van der Waals surface area contributed by atoms with Crippen LogP contribution in [-0.2, 0) is 0 Å². The van der Waals surface area contributed by atoms with Gasteiger partial charge in [-0.1, -0.05) is 48.5 Å². The lowest BCUT2D eigenvalue weighted by Gasteiger charge is -2.13. The van der Waals surface area contributed by atoms with Crippen molar-refractivity contribution >= 4 is 28.3 Å². The molecule has 0 saturated carbocycles. The van der Waals surface area contributed by atoms with E-state index in [9.17, 15) is 4.79 Å². The van der Waals surface area contributed by atoms with Crippen LogP contribution < -0.4 is 16.4 Å². The van der Waals surface area contributed by atoms with Crippen LogP contribution in [0.1, 0.15) is 6.92 Å². The standard InChI is InChI=1S/C15H18N4O2/c1-10(14(16)19-21)9-17-15(20)18-13-8-4-6-11-5-2-3-7-12(11)13/h2-8,10,21H,9H2,1H3,(H2,16,19)(H2,17,18,20). The van der Waals surface area contributed by atoms with Crippen LogP contribution in [0.25, 0.3) is 10.8 Å². The maximum absolute atomic E-state index is 11.9. The van der Waals surface area contributed by atoms with E-state index in [0.29, 0.717) is 0 Å². The average molecular weight is 286 g/mol. The van der Waals surface area contributed by atoms with Gasteiger partial charge in [0.1, 0.15) is 5.84 Å². The Hall–Kier alpha value is -2.76. The molecule has 0 heterocycles. The van der Waals surface area contributed by atoms with E-state index < -0.39 is 0 Å². The number of hydrogen-bond acceptors (Lipinski definition) is 3. The maximum atomic E-state index is 11.9. The molecule has 0 aliphatic heterocycles. The molecule has 0 aliphatic carbocycles. The van der Waals surface area contributed by atoms with Gasteiger partial charge in [0.05, 0.1) is 5.69 Å². The number of nitrogens with zero attached hydrogens (tertiary/aromatic N) is 1. The molecule has 1 unspecified atom stereocenters. The molecule has 0 fully saturated rings. The number of amidine groups is 1. The number of nitrogens with one attached hydrogen (secondary N) is 2. The fraction of sp³-hybridized carbons (Fsp3) is 0.200. The molecule has 2 amide bonds. The molecule has 0 radical (unpaired) electrons. The van der Waals surface area contributed by atoms with E-state index in [4.69, 9.17) is 10.9 Å². The first-order chi connectivity index (χ1) is 10.1. The molecule has 0 spiro atoms. The second kappa shape index (κ2) is 6.60. The minimum absolute atomic E-state index is 0.0838. The van der Waals surface area contributed by atoms with Crippen LogP contribution in [0.2, 0.25) is 0 Å². The zero-order valence-electron chi connectivity index (χ0n) is 11.7. The normalized spacial score (nSPS) is 12.9. The van der Waals surface area contributed by atoms with E-state index in [1.54, 1.807) is 6.92 Å². The monoisotopic (exact) mass is 286 g/mol. The highest BCUT2D eigenvalue weighted by Crippen LogP contribution is 2.22. The second-order valence-corrected chi connectivity index (χ2v) is 4.79. The average Bonchev–Trinajstić information content (AvgIpc) is 2.52. The van der Waals surface area contributed by atoms with Crippen molar-refractivity contribution in [3.05, 3.63) is 42.5 Å². The highest BCUT2D eigenvalue weighted by Gasteiger charge is 2.10. The van der Waals surface area contributed by atoms with Gasteiger partial charge in [0, 0.05) is 17.8 Å².